The van der Waals surface area contributed by atoms with Gasteiger partial charge in [-0.15, -0.1) is 11.3 Å². The average Bonchev–Trinajstić information content (AvgIpc) is 3.02. The smallest absolute Gasteiger partial charge is 0.271 e. The van der Waals surface area contributed by atoms with E-state index in [1.54, 1.807) is 17.3 Å². The van der Waals surface area contributed by atoms with Crippen molar-refractivity contribution in [2.24, 2.45) is 5.73 Å². The second-order valence-electron chi connectivity index (χ2n) is 5.08. The number of hydrogen-bond acceptors (Lipinski definition) is 5. The number of likely N-dealkylation sites (N-methyl/N-ethyl adjacent to an activating group) is 1. The van der Waals surface area contributed by atoms with E-state index in [4.69, 9.17) is 5.73 Å². The Bertz CT molecular complexity index is 657. The number of hydrogen-bond donors (Lipinski definition) is 2. The second-order valence-corrected chi connectivity index (χ2v) is 6.03. The lowest BCUT2D eigenvalue weighted by Gasteiger charge is -2.17. The van der Waals surface area contributed by atoms with Crippen molar-refractivity contribution >= 4 is 23.2 Å². The van der Waals surface area contributed by atoms with Crippen LogP contribution in [-0.4, -0.2) is 41.8 Å². The molecule has 2 rings (SSSR count). The molecule has 2 amide bonds. The number of thiazole rings is 1. The molecule has 23 heavy (non-hydrogen) atoms. The standard InChI is InChI=1S/C16H20N4O2S/c1-20(10-12-5-3-2-4-6-12)15(21)9-18-16(22)13-11-23-14(19-13)7-8-17/h2-6,11H,7-10,17H2,1H3,(H,18,22). The molecule has 0 atom stereocenters. The van der Waals surface area contributed by atoms with Gasteiger partial charge in [-0.05, 0) is 12.1 Å². The highest BCUT2D eigenvalue weighted by Crippen LogP contribution is 2.09. The van der Waals surface area contributed by atoms with Crippen LogP contribution in [0.1, 0.15) is 21.1 Å². The summed E-state index contributed by atoms with van der Waals surface area (Å²) in [7, 11) is 1.71. The minimum absolute atomic E-state index is 0.0497. The van der Waals surface area contributed by atoms with Crippen LogP contribution in [0, 0.1) is 0 Å². The number of carbonyl (C=O) groups is 2. The summed E-state index contributed by atoms with van der Waals surface area (Å²) in [5.41, 5.74) is 6.83. The van der Waals surface area contributed by atoms with E-state index in [0.29, 0.717) is 25.2 Å². The number of aromatic nitrogens is 1. The first-order valence-electron chi connectivity index (χ1n) is 7.30. The van der Waals surface area contributed by atoms with Gasteiger partial charge in [-0.3, -0.25) is 9.59 Å². The summed E-state index contributed by atoms with van der Waals surface area (Å²) >= 11 is 1.40. The zero-order valence-electron chi connectivity index (χ0n) is 13.0. The first kappa shape index (κ1) is 17.1. The van der Waals surface area contributed by atoms with Gasteiger partial charge >= 0.3 is 0 Å². The van der Waals surface area contributed by atoms with Crippen LogP contribution in [0.2, 0.25) is 0 Å². The van der Waals surface area contributed by atoms with Crippen LogP contribution in [0.5, 0.6) is 0 Å². The number of carbonyl (C=O) groups excluding carboxylic acids is 2. The third-order valence-corrected chi connectivity index (χ3v) is 4.14. The molecule has 3 N–H and O–H groups in total. The van der Waals surface area contributed by atoms with E-state index in [0.717, 1.165) is 10.6 Å². The molecule has 6 nitrogen and oxygen atoms in total. The van der Waals surface area contributed by atoms with E-state index in [1.807, 2.05) is 30.3 Å². The maximum absolute atomic E-state index is 12.1. The Morgan fingerprint density at radius 2 is 2.04 bits per heavy atom. The lowest BCUT2D eigenvalue weighted by atomic mass is 10.2. The molecule has 0 saturated heterocycles. The molecule has 1 aromatic carbocycles. The molecule has 0 radical (unpaired) electrons. The Labute approximate surface area is 139 Å². The van der Waals surface area contributed by atoms with Crippen molar-refractivity contribution in [3.05, 3.63) is 52.0 Å². The molecule has 0 saturated carbocycles. The Morgan fingerprint density at radius 1 is 1.30 bits per heavy atom. The van der Waals surface area contributed by atoms with Crippen LogP contribution in [0.25, 0.3) is 0 Å². The van der Waals surface area contributed by atoms with Gasteiger partial charge in [-0.1, -0.05) is 30.3 Å². The van der Waals surface area contributed by atoms with Crippen LogP contribution in [0.4, 0.5) is 0 Å². The van der Waals surface area contributed by atoms with E-state index >= 15 is 0 Å². The van der Waals surface area contributed by atoms with Gasteiger partial charge in [0.25, 0.3) is 5.91 Å². The predicted octanol–water partition coefficient (Wildman–Crippen LogP) is 1.03. The van der Waals surface area contributed by atoms with Gasteiger partial charge in [-0.2, -0.15) is 0 Å². The summed E-state index contributed by atoms with van der Waals surface area (Å²) in [5.74, 6) is -0.495. The number of amides is 2. The molecule has 0 aliphatic heterocycles. The first-order chi connectivity index (χ1) is 11.1. The first-order valence-corrected chi connectivity index (χ1v) is 8.18. The maximum Gasteiger partial charge on any atom is 0.271 e. The molecule has 0 unspecified atom stereocenters. The second kappa shape index (κ2) is 8.40. The van der Waals surface area contributed by atoms with Crippen molar-refractivity contribution in [2.45, 2.75) is 13.0 Å². The number of nitrogens with one attached hydrogen (secondary N) is 1. The third-order valence-electron chi connectivity index (χ3n) is 3.23. The largest absolute Gasteiger partial charge is 0.342 e. The summed E-state index contributed by atoms with van der Waals surface area (Å²) in [5, 5.41) is 5.11. The van der Waals surface area contributed by atoms with Crippen LogP contribution in [0.15, 0.2) is 35.7 Å². The lowest BCUT2D eigenvalue weighted by molar-refractivity contribution is -0.129. The zero-order chi connectivity index (χ0) is 16.7. The van der Waals surface area contributed by atoms with Gasteiger partial charge in [-0.25, -0.2) is 4.98 Å². The van der Waals surface area contributed by atoms with Crippen molar-refractivity contribution in [1.82, 2.24) is 15.2 Å². The summed E-state index contributed by atoms with van der Waals surface area (Å²) in [4.78, 5) is 29.8. The van der Waals surface area contributed by atoms with Gasteiger partial charge in [0.05, 0.1) is 11.6 Å². The highest BCUT2D eigenvalue weighted by molar-refractivity contribution is 7.09. The van der Waals surface area contributed by atoms with Gasteiger partial charge in [0.15, 0.2) is 0 Å². The third kappa shape index (κ3) is 5.15. The number of nitrogens with zero attached hydrogens (tertiary/aromatic N) is 2. The van der Waals surface area contributed by atoms with E-state index in [2.05, 4.69) is 10.3 Å². The zero-order valence-corrected chi connectivity index (χ0v) is 13.8. The highest BCUT2D eigenvalue weighted by Gasteiger charge is 2.14. The highest BCUT2D eigenvalue weighted by atomic mass is 32.1. The molecule has 1 heterocycles. The quantitative estimate of drug-likeness (QED) is 0.793. The summed E-state index contributed by atoms with van der Waals surface area (Å²) in [6.45, 7) is 0.955. The van der Waals surface area contributed by atoms with Crippen LogP contribution < -0.4 is 11.1 Å². The molecule has 122 valence electrons. The van der Waals surface area contributed by atoms with E-state index in [1.165, 1.54) is 11.3 Å². The fourth-order valence-electron chi connectivity index (χ4n) is 1.98. The lowest BCUT2D eigenvalue weighted by Crippen LogP contribution is -2.37. The van der Waals surface area contributed by atoms with Crippen LogP contribution in [0.3, 0.4) is 0 Å². The fraction of sp³-hybridized carbons (Fsp3) is 0.312. The molecule has 2 aromatic rings. The molecular weight excluding hydrogens is 312 g/mol. The molecule has 0 spiro atoms. The minimum Gasteiger partial charge on any atom is -0.342 e. The van der Waals surface area contributed by atoms with Gasteiger partial charge in [0, 0.05) is 25.4 Å². The topological polar surface area (TPSA) is 88.3 Å². The molecule has 1 aromatic heterocycles. The minimum atomic E-state index is -0.342. The van der Waals surface area contributed by atoms with Crippen LogP contribution in [-0.2, 0) is 17.8 Å². The SMILES string of the molecule is CN(Cc1ccccc1)C(=O)CNC(=O)c1csc(CCN)n1. The summed E-state index contributed by atoms with van der Waals surface area (Å²) < 4.78 is 0. The number of nitrogens with two attached hydrogens (primary N) is 1. The van der Waals surface area contributed by atoms with E-state index in [-0.39, 0.29) is 18.4 Å². The molecular formula is C16H20N4O2S. The average molecular weight is 332 g/mol. The predicted molar refractivity (Wildman–Crippen MR) is 90.1 cm³/mol. The Morgan fingerprint density at radius 3 is 2.74 bits per heavy atom. The Balaban J connectivity index is 1.81. The van der Waals surface area contributed by atoms with Crippen molar-refractivity contribution in [2.75, 3.05) is 20.1 Å². The molecule has 0 aliphatic rings. The number of benzene rings is 1. The van der Waals surface area contributed by atoms with Gasteiger partial charge in [0.2, 0.25) is 5.91 Å². The monoisotopic (exact) mass is 332 g/mol. The van der Waals surface area contributed by atoms with Crippen molar-refractivity contribution in [3.8, 4) is 0 Å². The van der Waals surface area contributed by atoms with Crippen molar-refractivity contribution < 1.29 is 9.59 Å². The summed E-state index contributed by atoms with van der Waals surface area (Å²) in [6, 6.07) is 9.69. The van der Waals surface area contributed by atoms with E-state index < -0.39 is 0 Å². The van der Waals surface area contributed by atoms with E-state index in [9.17, 15) is 9.59 Å². The number of rotatable bonds is 7. The van der Waals surface area contributed by atoms with Crippen molar-refractivity contribution in [3.63, 3.8) is 0 Å². The van der Waals surface area contributed by atoms with Crippen LogP contribution >= 0.6 is 11.3 Å². The molecule has 7 heteroatoms. The van der Waals surface area contributed by atoms with Gasteiger partial charge in [0.1, 0.15) is 5.69 Å². The maximum atomic E-state index is 12.1. The van der Waals surface area contributed by atoms with Gasteiger partial charge < -0.3 is 16.0 Å². The fourth-order valence-corrected chi connectivity index (χ4v) is 2.77. The molecule has 0 fully saturated rings. The Kier molecular flexibility index (Phi) is 6.25. The van der Waals surface area contributed by atoms with Crippen molar-refractivity contribution in [1.29, 1.82) is 0 Å². The molecule has 0 bridgehead atoms. The normalized spacial score (nSPS) is 10.3. The Hall–Kier alpha value is -2.25. The summed E-state index contributed by atoms with van der Waals surface area (Å²) in [6.07, 6.45) is 0.649. The molecule has 0 aliphatic carbocycles.